The number of H-pyrrole nitrogens is 1. The Morgan fingerprint density at radius 2 is 2.35 bits per heavy atom. The van der Waals surface area contributed by atoms with Gasteiger partial charge in [0.05, 0.1) is 0 Å². The molecule has 0 radical (unpaired) electrons. The zero-order valence-electron chi connectivity index (χ0n) is 11.4. The van der Waals surface area contributed by atoms with Crippen LogP contribution in [-0.2, 0) is 6.42 Å². The zero-order chi connectivity index (χ0) is 13.9. The number of hydrogen-bond acceptors (Lipinski definition) is 4. The first-order chi connectivity index (χ1) is 9.70. The molecule has 6 heteroatoms. The molecule has 1 atom stereocenters. The number of nitrogens with zero attached hydrogens (tertiary/aromatic N) is 3. The number of piperazine rings is 1. The van der Waals surface area contributed by atoms with E-state index < -0.39 is 0 Å². The van der Waals surface area contributed by atoms with E-state index in [1.165, 1.54) is 5.56 Å². The van der Waals surface area contributed by atoms with E-state index in [9.17, 15) is 0 Å². The van der Waals surface area contributed by atoms with Crippen molar-refractivity contribution in [1.82, 2.24) is 20.5 Å². The monoisotopic (exact) mass is 335 g/mol. The molecule has 1 aliphatic heterocycles. The fourth-order valence-corrected chi connectivity index (χ4v) is 2.91. The van der Waals surface area contributed by atoms with E-state index in [0.717, 1.165) is 42.3 Å². The van der Waals surface area contributed by atoms with Crippen molar-refractivity contribution in [2.45, 2.75) is 19.4 Å². The van der Waals surface area contributed by atoms with Crippen molar-refractivity contribution in [3.8, 4) is 0 Å². The summed E-state index contributed by atoms with van der Waals surface area (Å²) in [7, 11) is 0. The molecule has 1 aliphatic rings. The molecular formula is C14H18BrN5. The van der Waals surface area contributed by atoms with Crippen LogP contribution in [0.3, 0.4) is 0 Å². The maximum Gasteiger partial charge on any atom is 0.244 e. The highest BCUT2D eigenvalue weighted by Gasteiger charge is 2.19. The van der Waals surface area contributed by atoms with Gasteiger partial charge in [-0.25, -0.2) is 0 Å². The van der Waals surface area contributed by atoms with Crippen molar-refractivity contribution >= 4 is 21.9 Å². The summed E-state index contributed by atoms with van der Waals surface area (Å²) in [4.78, 5) is 6.83. The molecule has 1 fully saturated rings. The van der Waals surface area contributed by atoms with Crippen LogP contribution in [0.2, 0.25) is 0 Å². The van der Waals surface area contributed by atoms with Gasteiger partial charge in [-0.3, -0.25) is 5.10 Å². The number of hydrogen-bond donors (Lipinski definition) is 2. The molecule has 2 heterocycles. The molecule has 106 valence electrons. The highest BCUT2D eigenvalue weighted by molar-refractivity contribution is 9.10. The summed E-state index contributed by atoms with van der Waals surface area (Å²) in [5, 5.41) is 10.8. The standard InChI is InChI=1S/C14H18BrN5/c1-10-9-20(6-5-16-10)14-17-13(18-19-14)8-11-3-2-4-12(15)7-11/h2-4,7,10,16H,5-6,8-9H2,1H3,(H,17,18,19)/t10-/m0/s1. The number of halogens is 1. The number of rotatable bonds is 3. The van der Waals surface area contributed by atoms with Crippen LogP contribution in [0.4, 0.5) is 5.95 Å². The largest absolute Gasteiger partial charge is 0.337 e. The van der Waals surface area contributed by atoms with E-state index in [2.05, 4.69) is 60.4 Å². The van der Waals surface area contributed by atoms with Crippen LogP contribution in [0.25, 0.3) is 0 Å². The van der Waals surface area contributed by atoms with Crippen molar-refractivity contribution in [1.29, 1.82) is 0 Å². The lowest BCUT2D eigenvalue weighted by molar-refractivity contribution is 0.480. The van der Waals surface area contributed by atoms with Crippen molar-refractivity contribution in [3.05, 3.63) is 40.1 Å². The molecule has 0 unspecified atom stereocenters. The van der Waals surface area contributed by atoms with Gasteiger partial charge in [0.1, 0.15) is 5.82 Å². The van der Waals surface area contributed by atoms with Gasteiger partial charge in [0.15, 0.2) is 0 Å². The Kier molecular flexibility index (Phi) is 4.03. The molecule has 3 rings (SSSR count). The molecule has 0 bridgehead atoms. The van der Waals surface area contributed by atoms with Crippen molar-refractivity contribution in [2.75, 3.05) is 24.5 Å². The van der Waals surface area contributed by atoms with Gasteiger partial charge >= 0.3 is 0 Å². The lowest BCUT2D eigenvalue weighted by Crippen LogP contribution is -2.49. The molecule has 1 aromatic carbocycles. The summed E-state index contributed by atoms with van der Waals surface area (Å²) < 4.78 is 1.09. The van der Waals surface area contributed by atoms with Crippen LogP contribution in [0.15, 0.2) is 28.7 Å². The van der Waals surface area contributed by atoms with Gasteiger partial charge in [0, 0.05) is 36.6 Å². The van der Waals surface area contributed by atoms with Crippen molar-refractivity contribution in [2.24, 2.45) is 0 Å². The maximum absolute atomic E-state index is 4.61. The van der Waals surface area contributed by atoms with E-state index in [-0.39, 0.29) is 0 Å². The number of benzene rings is 1. The second-order valence-corrected chi connectivity index (χ2v) is 6.11. The number of aromatic nitrogens is 3. The van der Waals surface area contributed by atoms with Crippen molar-refractivity contribution < 1.29 is 0 Å². The molecule has 1 saturated heterocycles. The minimum atomic E-state index is 0.482. The summed E-state index contributed by atoms with van der Waals surface area (Å²) in [6, 6.07) is 8.75. The smallest absolute Gasteiger partial charge is 0.244 e. The zero-order valence-corrected chi connectivity index (χ0v) is 13.0. The first kappa shape index (κ1) is 13.6. The Labute approximate surface area is 126 Å². The SMILES string of the molecule is C[C@H]1CN(c2n[nH]c(Cc3cccc(Br)c3)n2)CCN1. The van der Waals surface area contributed by atoms with E-state index in [0.29, 0.717) is 6.04 Å². The third-order valence-electron chi connectivity index (χ3n) is 3.43. The number of anilines is 1. The van der Waals surface area contributed by atoms with Gasteiger partial charge in [0.25, 0.3) is 0 Å². The third-order valence-corrected chi connectivity index (χ3v) is 3.93. The van der Waals surface area contributed by atoms with Gasteiger partial charge in [-0.2, -0.15) is 4.98 Å². The second-order valence-electron chi connectivity index (χ2n) is 5.19. The Balaban J connectivity index is 1.70. The van der Waals surface area contributed by atoms with Crippen molar-refractivity contribution in [3.63, 3.8) is 0 Å². The minimum absolute atomic E-state index is 0.482. The van der Waals surface area contributed by atoms with Gasteiger partial charge in [-0.05, 0) is 24.6 Å². The Bertz CT molecular complexity index is 582. The first-order valence-corrected chi connectivity index (χ1v) is 7.64. The predicted octanol–water partition coefficient (Wildman–Crippen LogP) is 1.96. The van der Waals surface area contributed by atoms with Crippen LogP contribution < -0.4 is 10.2 Å². The van der Waals surface area contributed by atoms with Crippen LogP contribution in [0, 0.1) is 0 Å². The van der Waals surface area contributed by atoms with E-state index in [4.69, 9.17) is 0 Å². The molecule has 0 amide bonds. The summed E-state index contributed by atoms with van der Waals surface area (Å²) in [6.07, 6.45) is 0.772. The molecule has 0 aliphatic carbocycles. The first-order valence-electron chi connectivity index (χ1n) is 6.85. The molecule has 5 nitrogen and oxygen atoms in total. The second kappa shape index (κ2) is 5.93. The van der Waals surface area contributed by atoms with Gasteiger partial charge in [-0.1, -0.05) is 28.1 Å². The highest BCUT2D eigenvalue weighted by atomic mass is 79.9. The topological polar surface area (TPSA) is 56.8 Å². The molecule has 2 N–H and O–H groups in total. The van der Waals surface area contributed by atoms with Crippen LogP contribution in [0.5, 0.6) is 0 Å². The van der Waals surface area contributed by atoms with Crippen LogP contribution in [-0.4, -0.2) is 40.9 Å². The van der Waals surface area contributed by atoms with Crippen LogP contribution >= 0.6 is 15.9 Å². The Morgan fingerprint density at radius 3 is 3.15 bits per heavy atom. The summed E-state index contributed by atoms with van der Waals surface area (Å²) >= 11 is 3.49. The summed E-state index contributed by atoms with van der Waals surface area (Å²) in [5.74, 6) is 1.72. The predicted molar refractivity (Wildman–Crippen MR) is 83.0 cm³/mol. The number of aromatic amines is 1. The normalized spacial score (nSPS) is 19.3. The van der Waals surface area contributed by atoms with E-state index in [1.54, 1.807) is 0 Å². The average Bonchev–Trinajstić information content (AvgIpc) is 2.87. The third kappa shape index (κ3) is 3.19. The molecule has 0 saturated carbocycles. The fourth-order valence-electron chi connectivity index (χ4n) is 2.46. The van der Waals surface area contributed by atoms with Gasteiger partial charge < -0.3 is 10.2 Å². The molecule has 2 aromatic rings. The molecule has 1 aromatic heterocycles. The summed E-state index contributed by atoms with van der Waals surface area (Å²) in [6.45, 7) is 5.07. The summed E-state index contributed by atoms with van der Waals surface area (Å²) in [5.41, 5.74) is 1.22. The van der Waals surface area contributed by atoms with E-state index >= 15 is 0 Å². The molecule has 0 spiro atoms. The molecule has 20 heavy (non-hydrogen) atoms. The Morgan fingerprint density at radius 1 is 1.45 bits per heavy atom. The minimum Gasteiger partial charge on any atom is -0.337 e. The lowest BCUT2D eigenvalue weighted by atomic mass is 10.1. The maximum atomic E-state index is 4.61. The van der Waals surface area contributed by atoms with Gasteiger partial charge in [-0.15, -0.1) is 5.10 Å². The van der Waals surface area contributed by atoms with Gasteiger partial charge in [0.2, 0.25) is 5.95 Å². The fraction of sp³-hybridized carbons (Fsp3) is 0.429. The number of nitrogens with one attached hydrogen (secondary N) is 2. The lowest BCUT2D eigenvalue weighted by Gasteiger charge is -2.30. The highest BCUT2D eigenvalue weighted by Crippen LogP contribution is 2.15. The van der Waals surface area contributed by atoms with Crippen LogP contribution in [0.1, 0.15) is 18.3 Å². The molecular weight excluding hydrogens is 318 g/mol. The quantitative estimate of drug-likeness (QED) is 0.900. The Hall–Kier alpha value is -1.40. The van der Waals surface area contributed by atoms with E-state index in [1.807, 2.05) is 12.1 Å². The average molecular weight is 336 g/mol.